The fourth-order valence-electron chi connectivity index (χ4n) is 3.77. The van der Waals surface area contributed by atoms with Crippen LogP contribution in [-0.2, 0) is 0 Å². The van der Waals surface area contributed by atoms with E-state index in [1.54, 1.807) is 19.2 Å². The van der Waals surface area contributed by atoms with E-state index in [9.17, 15) is 4.39 Å². The predicted molar refractivity (Wildman–Crippen MR) is 104 cm³/mol. The fraction of sp³-hybridized carbons (Fsp3) is 0.316. The number of ether oxygens (including phenoxy) is 2. The number of hydrogen-bond donors (Lipinski definition) is 1. The maximum atomic E-state index is 13.6. The molecule has 2 bridgehead atoms. The maximum absolute atomic E-state index is 13.6. The van der Waals surface area contributed by atoms with Gasteiger partial charge in [-0.3, -0.25) is 4.90 Å². The molecule has 0 radical (unpaired) electrons. The van der Waals surface area contributed by atoms with Crippen LogP contribution < -0.4 is 19.7 Å². The van der Waals surface area contributed by atoms with Crippen LogP contribution in [0.2, 0.25) is 5.02 Å². The Kier molecular flexibility index (Phi) is 4.00. The van der Waals surface area contributed by atoms with Crippen LogP contribution >= 0.6 is 23.8 Å². The molecule has 0 amide bonds. The largest absolute Gasteiger partial charge is 0.493 e. The number of benzene rings is 2. The zero-order chi connectivity index (χ0) is 18.6. The second-order valence-electron chi connectivity index (χ2n) is 6.68. The summed E-state index contributed by atoms with van der Waals surface area (Å²) in [7, 11) is 1.62. The normalized spacial score (nSPS) is 26.7. The predicted octanol–water partition coefficient (Wildman–Crippen LogP) is 4.67. The summed E-state index contributed by atoms with van der Waals surface area (Å²) in [6.07, 6.45) is 0. The Morgan fingerprint density at radius 3 is 2.81 bits per heavy atom. The first-order valence-electron chi connectivity index (χ1n) is 8.28. The Hall–Kier alpha value is -2.05. The van der Waals surface area contributed by atoms with E-state index in [-0.39, 0.29) is 17.0 Å². The molecule has 0 spiro atoms. The number of halogens is 2. The lowest BCUT2D eigenvalue weighted by atomic mass is 9.80. The van der Waals surface area contributed by atoms with Crippen molar-refractivity contribution < 1.29 is 13.9 Å². The Morgan fingerprint density at radius 2 is 2.12 bits per heavy atom. The van der Waals surface area contributed by atoms with E-state index >= 15 is 0 Å². The zero-order valence-electron chi connectivity index (χ0n) is 14.5. The summed E-state index contributed by atoms with van der Waals surface area (Å²) in [5, 5.41) is 3.94. The van der Waals surface area contributed by atoms with E-state index in [1.165, 1.54) is 6.07 Å². The molecular weight excluding hydrogens is 375 g/mol. The van der Waals surface area contributed by atoms with Crippen molar-refractivity contribution in [3.05, 3.63) is 52.8 Å². The Bertz CT molecular complexity index is 909. The Balaban J connectivity index is 1.87. The molecule has 2 aliphatic rings. The van der Waals surface area contributed by atoms with E-state index in [0.29, 0.717) is 22.3 Å². The molecule has 136 valence electrons. The molecule has 4 nitrogen and oxygen atoms in total. The third-order valence-corrected chi connectivity index (χ3v) is 5.90. The van der Waals surface area contributed by atoms with Crippen LogP contribution in [0.1, 0.15) is 25.5 Å². The number of nitrogens with zero attached hydrogens (tertiary/aromatic N) is 1. The molecule has 2 aromatic carbocycles. The summed E-state index contributed by atoms with van der Waals surface area (Å²) in [4.78, 5) is 1.85. The molecule has 1 saturated heterocycles. The van der Waals surface area contributed by atoms with E-state index in [2.05, 4.69) is 12.2 Å². The molecule has 26 heavy (non-hydrogen) atoms. The first-order valence-corrected chi connectivity index (χ1v) is 9.07. The van der Waals surface area contributed by atoms with Gasteiger partial charge in [0, 0.05) is 17.2 Å². The summed E-state index contributed by atoms with van der Waals surface area (Å²) in [6, 6.07) is 10.3. The first kappa shape index (κ1) is 17.4. The lowest BCUT2D eigenvalue weighted by Crippen LogP contribution is -2.69. The highest BCUT2D eigenvalue weighted by Crippen LogP contribution is 2.52. The minimum absolute atomic E-state index is 0.0153. The quantitative estimate of drug-likeness (QED) is 0.751. The van der Waals surface area contributed by atoms with Gasteiger partial charge in [0.05, 0.1) is 18.2 Å². The number of anilines is 1. The van der Waals surface area contributed by atoms with Crippen LogP contribution in [0.5, 0.6) is 11.5 Å². The minimum atomic E-state index is -0.782. The molecule has 0 aromatic heterocycles. The molecule has 0 unspecified atom stereocenters. The van der Waals surface area contributed by atoms with Gasteiger partial charge in [0.2, 0.25) is 0 Å². The number of nitrogens with one attached hydrogen (secondary N) is 1. The van der Waals surface area contributed by atoms with Crippen LogP contribution in [0, 0.1) is 11.7 Å². The lowest BCUT2D eigenvalue weighted by molar-refractivity contribution is -0.00546. The van der Waals surface area contributed by atoms with E-state index in [4.69, 9.17) is 33.3 Å². The Morgan fingerprint density at radius 1 is 1.35 bits per heavy atom. The van der Waals surface area contributed by atoms with Gasteiger partial charge in [-0.15, -0.1) is 0 Å². The van der Waals surface area contributed by atoms with Gasteiger partial charge < -0.3 is 14.8 Å². The van der Waals surface area contributed by atoms with Gasteiger partial charge >= 0.3 is 0 Å². The van der Waals surface area contributed by atoms with Crippen molar-refractivity contribution in [1.29, 1.82) is 0 Å². The SMILES string of the molecule is COc1cccc2c1O[C@@]1(C)[C@@H](C)[C@H]2NC(=S)N1c1ccc(F)c(Cl)c1. The summed E-state index contributed by atoms with van der Waals surface area (Å²) in [5.74, 6) is 0.933. The minimum Gasteiger partial charge on any atom is -0.493 e. The van der Waals surface area contributed by atoms with Gasteiger partial charge in [-0.05, 0) is 43.4 Å². The van der Waals surface area contributed by atoms with Crippen molar-refractivity contribution in [2.75, 3.05) is 12.0 Å². The van der Waals surface area contributed by atoms with Gasteiger partial charge in [0.15, 0.2) is 22.3 Å². The van der Waals surface area contributed by atoms with Crippen LogP contribution in [0.15, 0.2) is 36.4 Å². The van der Waals surface area contributed by atoms with Crippen molar-refractivity contribution in [3.63, 3.8) is 0 Å². The van der Waals surface area contributed by atoms with Crippen molar-refractivity contribution >= 4 is 34.6 Å². The molecule has 2 aliphatic heterocycles. The first-order chi connectivity index (χ1) is 12.4. The van der Waals surface area contributed by atoms with Crippen molar-refractivity contribution in [3.8, 4) is 11.5 Å². The molecule has 2 aromatic rings. The molecule has 7 heteroatoms. The van der Waals surface area contributed by atoms with Gasteiger partial charge in [-0.1, -0.05) is 30.7 Å². The highest BCUT2D eigenvalue weighted by molar-refractivity contribution is 7.80. The van der Waals surface area contributed by atoms with Gasteiger partial charge in [-0.2, -0.15) is 0 Å². The monoisotopic (exact) mass is 392 g/mol. The van der Waals surface area contributed by atoms with Gasteiger partial charge in [-0.25, -0.2) is 4.39 Å². The second kappa shape index (κ2) is 5.99. The molecule has 3 atom stereocenters. The molecule has 4 rings (SSSR count). The third-order valence-electron chi connectivity index (χ3n) is 5.31. The smallest absolute Gasteiger partial charge is 0.191 e. The number of para-hydroxylation sites is 1. The topological polar surface area (TPSA) is 33.7 Å². The fourth-order valence-corrected chi connectivity index (χ4v) is 4.36. The Labute approximate surface area is 161 Å². The van der Waals surface area contributed by atoms with Gasteiger partial charge in [0.1, 0.15) is 5.82 Å². The van der Waals surface area contributed by atoms with E-state index in [0.717, 1.165) is 5.56 Å². The van der Waals surface area contributed by atoms with Crippen LogP contribution in [0.4, 0.5) is 10.1 Å². The second-order valence-corrected chi connectivity index (χ2v) is 7.48. The van der Waals surface area contributed by atoms with Crippen molar-refractivity contribution in [2.45, 2.75) is 25.6 Å². The third kappa shape index (κ3) is 2.36. The van der Waals surface area contributed by atoms with Crippen molar-refractivity contribution in [2.24, 2.45) is 5.92 Å². The number of thiocarbonyl (C=S) groups is 1. The summed E-state index contributed by atoms with van der Waals surface area (Å²) < 4.78 is 25.6. The number of fused-ring (bicyclic) bond motifs is 4. The highest BCUT2D eigenvalue weighted by Gasteiger charge is 2.54. The van der Waals surface area contributed by atoms with E-state index in [1.807, 2.05) is 30.0 Å². The lowest BCUT2D eigenvalue weighted by Gasteiger charge is -2.56. The van der Waals surface area contributed by atoms with Crippen LogP contribution in [0.25, 0.3) is 0 Å². The maximum Gasteiger partial charge on any atom is 0.191 e. The number of rotatable bonds is 2. The molecule has 1 fully saturated rings. The zero-order valence-corrected chi connectivity index (χ0v) is 16.1. The summed E-state index contributed by atoms with van der Waals surface area (Å²) in [6.45, 7) is 4.07. The number of methoxy groups -OCH3 is 1. The molecule has 0 aliphatic carbocycles. The summed E-state index contributed by atoms with van der Waals surface area (Å²) in [5.41, 5.74) is 0.893. The van der Waals surface area contributed by atoms with E-state index < -0.39 is 11.5 Å². The van der Waals surface area contributed by atoms with Gasteiger partial charge in [0.25, 0.3) is 0 Å². The average Bonchev–Trinajstić information content (AvgIpc) is 2.60. The van der Waals surface area contributed by atoms with Crippen LogP contribution in [0.3, 0.4) is 0 Å². The van der Waals surface area contributed by atoms with Crippen LogP contribution in [-0.4, -0.2) is 17.9 Å². The average molecular weight is 393 g/mol. The highest BCUT2D eigenvalue weighted by atomic mass is 35.5. The molecule has 0 saturated carbocycles. The summed E-state index contributed by atoms with van der Waals surface area (Å²) >= 11 is 11.6. The number of hydrogen-bond acceptors (Lipinski definition) is 3. The van der Waals surface area contributed by atoms with Crippen molar-refractivity contribution in [1.82, 2.24) is 5.32 Å². The standard InChI is InChI=1S/C19H18ClFN2O2S/c1-10-16-12-5-4-6-15(24-3)17(12)25-19(10,2)23(18(26)22-16)11-7-8-14(21)13(20)9-11/h4-10,16H,1-3H3,(H,22,26)/t10-,16+,19-/m0/s1. The molecule has 1 N–H and O–H groups in total. The molecular formula is C19H18ClFN2O2S. The molecule has 2 heterocycles.